The number of para-hydroxylation sites is 1. The summed E-state index contributed by atoms with van der Waals surface area (Å²) in [6, 6.07) is 8.24. The Balaban J connectivity index is 2.05. The molecule has 0 aliphatic carbocycles. The van der Waals surface area contributed by atoms with Crippen LogP contribution in [0.15, 0.2) is 24.3 Å². The second-order valence-corrected chi connectivity index (χ2v) is 4.88. The van der Waals surface area contributed by atoms with Crippen LogP contribution in [0.25, 0.3) is 0 Å². The maximum Gasteiger partial charge on any atom is 0.0826 e. The van der Waals surface area contributed by atoms with Crippen LogP contribution < -0.4 is 4.90 Å². The number of aliphatic hydroxyl groups is 1. The van der Waals surface area contributed by atoms with Crippen LogP contribution in [-0.2, 0) is 0 Å². The molecule has 1 N–H and O–H groups in total. The Labute approximate surface area is 110 Å². The minimum atomic E-state index is -0.286. The third kappa shape index (κ3) is 2.85. The molecule has 1 heterocycles. The second kappa shape index (κ2) is 6.21. The van der Waals surface area contributed by atoms with E-state index >= 15 is 0 Å². The lowest BCUT2D eigenvalue weighted by atomic mass is 9.99. The number of hydrogen-bond donors (Lipinski definition) is 1. The lowest BCUT2D eigenvalue weighted by molar-refractivity contribution is 0.163. The molecule has 0 saturated heterocycles. The molecule has 2 rings (SSSR count). The van der Waals surface area contributed by atoms with E-state index in [9.17, 15) is 5.11 Å². The molecule has 1 atom stereocenters. The molecule has 18 heavy (non-hydrogen) atoms. The van der Waals surface area contributed by atoms with E-state index in [0.29, 0.717) is 0 Å². The maximum atomic E-state index is 10.0. The first-order chi connectivity index (χ1) is 8.76. The summed E-state index contributed by atoms with van der Waals surface area (Å²) in [5.41, 5.74) is 2.30. The van der Waals surface area contributed by atoms with Gasteiger partial charge in [0.25, 0.3) is 0 Å². The Morgan fingerprint density at radius 3 is 2.72 bits per heavy atom. The van der Waals surface area contributed by atoms with Crippen molar-refractivity contribution in [2.24, 2.45) is 0 Å². The molecule has 1 aromatic rings. The van der Waals surface area contributed by atoms with Crippen LogP contribution in [0.1, 0.15) is 31.9 Å². The third-order valence-corrected chi connectivity index (χ3v) is 3.89. The van der Waals surface area contributed by atoms with Crippen LogP contribution >= 0.6 is 0 Å². The largest absolute Gasteiger partial charge is 0.388 e. The van der Waals surface area contributed by atoms with Gasteiger partial charge in [-0.15, -0.1) is 0 Å². The first-order valence-electron chi connectivity index (χ1n) is 7.00. The quantitative estimate of drug-likeness (QED) is 0.866. The molecule has 1 aromatic carbocycles. The van der Waals surface area contributed by atoms with E-state index in [-0.39, 0.29) is 6.10 Å². The highest BCUT2D eigenvalue weighted by Gasteiger charge is 2.22. The van der Waals surface area contributed by atoms with Crippen LogP contribution in [0.5, 0.6) is 0 Å². The van der Waals surface area contributed by atoms with E-state index in [0.717, 1.165) is 44.7 Å². The van der Waals surface area contributed by atoms with Gasteiger partial charge in [-0.3, -0.25) is 0 Å². The molecule has 1 aliphatic rings. The van der Waals surface area contributed by atoms with Crippen molar-refractivity contribution >= 4 is 5.69 Å². The van der Waals surface area contributed by atoms with Gasteiger partial charge in [-0.05, 0) is 25.6 Å². The Bertz CT molecular complexity index is 377. The van der Waals surface area contributed by atoms with Crippen molar-refractivity contribution in [3.8, 4) is 0 Å². The van der Waals surface area contributed by atoms with Crippen molar-refractivity contribution in [1.29, 1.82) is 0 Å². The minimum Gasteiger partial charge on any atom is -0.388 e. The van der Waals surface area contributed by atoms with Crippen molar-refractivity contribution in [2.75, 3.05) is 37.6 Å². The summed E-state index contributed by atoms with van der Waals surface area (Å²) >= 11 is 0. The van der Waals surface area contributed by atoms with Crippen LogP contribution in [-0.4, -0.2) is 42.7 Å². The first kappa shape index (κ1) is 13.4. The summed E-state index contributed by atoms with van der Waals surface area (Å²) in [5, 5.41) is 10.0. The number of aliphatic hydroxyl groups excluding tert-OH is 1. The molecule has 0 fully saturated rings. The monoisotopic (exact) mass is 248 g/mol. The molecular weight excluding hydrogens is 224 g/mol. The fourth-order valence-corrected chi connectivity index (χ4v) is 2.65. The SMILES string of the molecule is CCN(CC)CCN1CCC(O)c2ccccc21. The van der Waals surface area contributed by atoms with Gasteiger partial charge >= 0.3 is 0 Å². The smallest absolute Gasteiger partial charge is 0.0826 e. The van der Waals surface area contributed by atoms with Gasteiger partial charge in [-0.1, -0.05) is 32.0 Å². The van der Waals surface area contributed by atoms with E-state index in [1.165, 1.54) is 5.69 Å². The van der Waals surface area contributed by atoms with Gasteiger partial charge in [0, 0.05) is 30.9 Å². The zero-order valence-electron chi connectivity index (χ0n) is 11.5. The lowest BCUT2D eigenvalue weighted by Crippen LogP contribution is -2.38. The van der Waals surface area contributed by atoms with Crippen molar-refractivity contribution in [3.05, 3.63) is 29.8 Å². The highest BCUT2D eigenvalue weighted by Crippen LogP contribution is 2.32. The van der Waals surface area contributed by atoms with Gasteiger partial charge in [-0.25, -0.2) is 0 Å². The predicted octanol–water partition coefficient (Wildman–Crippen LogP) is 2.27. The molecular formula is C15H24N2O. The molecule has 0 radical (unpaired) electrons. The van der Waals surface area contributed by atoms with Crippen LogP contribution in [0.4, 0.5) is 5.69 Å². The van der Waals surface area contributed by atoms with Crippen molar-refractivity contribution in [2.45, 2.75) is 26.4 Å². The summed E-state index contributed by atoms with van der Waals surface area (Å²) in [6.45, 7) is 9.72. The van der Waals surface area contributed by atoms with Crippen LogP contribution in [0.2, 0.25) is 0 Å². The first-order valence-corrected chi connectivity index (χ1v) is 7.00. The standard InChI is InChI=1S/C15H24N2O/c1-3-16(4-2)11-12-17-10-9-15(18)13-7-5-6-8-14(13)17/h5-8,15,18H,3-4,9-12H2,1-2H3. The molecule has 0 saturated carbocycles. The highest BCUT2D eigenvalue weighted by atomic mass is 16.3. The molecule has 0 amide bonds. The Morgan fingerprint density at radius 1 is 1.28 bits per heavy atom. The molecule has 0 aromatic heterocycles. The molecule has 3 heteroatoms. The Kier molecular flexibility index (Phi) is 4.61. The van der Waals surface area contributed by atoms with Gasteiger partial charge in [0.05, 0.1) is 6.10 Å². The number of fused-ring (bicyclic) bond motifs is 1. The van der Waals surface area contributed by atoms with Crippen LogP contribution in [0, 0.1) is 0 Å². The number of anilines is 1. The lowest BCUT2D eigenvalue weighted by Gasteiger charge is -2.35. The zero-order valence-corrected chi connectivity index (χ0v) is 11.5. The normalized spacial score (nSPS) is 19.1. The number of likely N-dealkylation sites (N-methyl/N-ethyl adjacent to an activating group) is 1. The van der Waals surface area contributed by atoms with Gasteiger partial charge in [0.1, 0.15) is 0 Å². The fourth-order valence-electron chi connectivity index (χ4n) is 2.65. The molecule has 0 bridgehead atoms. The molecule has 1 aliphatic heterocycles. The van der Waals surface area contributed by atoms with E-state index in [1.807, 2.05) is 12.1 Å². The summed E-state index contributed by atoms with van der Waals surface area (Å²) in [6.07, 6.45) is 0.556. The summed E-state index contributed by atoms with van der Waals surface area (Å²) in [7, 11) is 0. The number of hydrogen-bond acceptors (Lipinski definition) is 3. The van der Waals surface area contributed by atoms with Gasteiger partial charge in [-0.2, -0.15) is 0 Å². The number of benzene rings is 1. The topological polar surface area (TPSA) is 26.7 Å². The number of nitrogens with zero attached hydrogens (tertiary/aromatic N) is 2. The second-order valence-electron chi connectivity index (χ2n) is 4.88. The van der Waals surface area contributed by atoms with E-state index < -0.39 is 0 Å². The maximum absolute atomic E-state index is 10.0. The Hall–Kier alpha value is -1.06. The van der Waals surface area contributed by atoms with Gasteiger partial charge in [0.15, 0.2) is 0 Å². The van der Waals surface area contributed by atoms with Crippen molar-refractivity contribution < 1.29 is 5.11 Å². The van der Waals surface area contributed by atoms with E-state index in [2.05, 4.69) is 35.8 Å². The molecule has 1 unspecified atom stereocenters. The Morgan fingerprint density at radius 2 is 2.00 bits per heavy atom. The van der Waals surface area contributed by atoms with Gasteiger partial charge < -0.3 is 14.9 Å². The summed E-state index contributed by atoms with van der Waals surface area (Å²) in [5.74, 6) is 0. The number of rotatable bonds is 5. The minimum absolute atomic E-state index is 0.286. The van der Waals surface area contributed by atoms with Crippen molar-refractivity contribution in [1.82, 2.24) is 4.90 Å². The average Bonchev–Trinajstić information content (AvgIpc) is 2.42. The van der Waals surface area contributed by atoms with E-state index in [1.54, 1.807) is 0 Å². The highest BCUT2D eigenvalue weighted by molar-refractivity contribution is 5.56. The molecule has 0 spiro atoms. The van der Waals surface area contributed by atoms with Crippen molar-refractivity contribution in [3.63, 3.8) is 0 Å². The molecule has 3 nitrogen and oxygen atoms in total. The van der Waals surface area contributed by atoms with Gasteiger partial charge in [0.2, 0.25) is 0 Å². The summed E-state index contributed by atoms with van der Waals surface area (Å²) in [4.78, 5) is 4.84. The summed E-state index contributed by atoms with van der Waals surface area (Å²) < 4.78 is 0. The van der Waals surface area contributed by atoms with E-state index in [4.69, 9.17) is 0 Å². The molecule has 100 valence electrons. The average molecular weight is 248 g/mol. The third-order valence-electron chi connectivity index (χ3n) is 3.89. The van der Waals surface area contributed by atoms with Crippen LogP contribution in [0.3, 0.4) is 0 Å². The fraction of sp³-hybridized carbons (Fsp3) is 0.600. The predicted molar refractivity (Wildman–Crippen MR) is 76.0 cm³/mol. The zero-order chi connectivity index (χ0) is 13.0.